The van der Waals surface area contributed by atoms with E-state index in [1.807, 2.05) is 0 Å². The summed E-state index contributed by atoms with van der Waals surface area (Å²) in [5.41, 5.74) is 5.72. The van der Waals surface area contributed by atoms with Gasteiger partial charge in [-0.15, -0.1) is 0 Å². The van der Waals surface area contributed by atoms with Gasteiger partial charge in [-0.25, -0.2) is 0 Å². The lowest BCUT2D eigenvalue weighted by Crippen LogP contribution is -2.42. The first-order valence-electron chi connectivity index (χ1n) is 6.02. The minimum atomic E-state index is -0.359. The van der Waals surface area contributed by atoms with E-state index < -0.39 is 0 Å². The molecule has 1 saturated carbocycles. The first-order chi connectivity index (χ1) is 7.44. The maximum absolute atomic E-state index is 11.7. The molecule has 1 fully saturated rings. The average Bonchev–Trinajstić information content (AvgIpc) is 2.26. The highest BCUT2D eigenvalue weighted by atomic mass is 32.1. The molecule has 1 atom stereocenters. The quantitative estimate of drug-likeness (QED) is 0.741. The van der Waals surface area contributed by atoms with Crippen molar-refractivity contribution in [2.75, 3.05) is 6.54 Å². The number of hydrogen-bond donors (Lipinski definition) is 2. The standard InChI is InChI=1S/C12H22N2OS/c1-9(10(13)16)11(15)14-8-12(2)6-4-3-5-7-12/h9H,3-8H2,1-2H3,(H2,13,16)(H,14,15). The van der Waals surface area contributed by atoms with Crippen molar-refractivity contribution < 1.29 is 4.79 Å². The molecule has 1 unspecified atom stereocenters. The van der Waals surface area contributed by atoms with Crippen molar-refractivity contribution in [3.05, 3.63) is 0 Å². The van der Waals surface area contributed by atoms with Crippen LogP contribution in [-0.4, -0.2) is 17.4 Å². The molecule has 4 heteroatoms. The van der Waals surface area contributed by atoms with Crippen LogP contribution in [0.1, 0.15) is 46.0 Å². The SMILES string of the molecule is CC(C(=O)NCC1(C)CCCCC1)C(N)=S. The van der Waals surface area contributed by atoms with Crippen LogP contribution in [-0.2, 0) is 4.79 Å². The van der Waals surface area contributed by atoms with E-state index in [0.717, 1.165) is 6.54 Å². The molecular formula is C12H22N2OS. The minimum absolute atomic E-state index is 0.0423. The molecular weight excluding hydrogens is 220 g/mol. The fraction of sp³-hybridized carbons (Fsp3) is 0.833. The summed E-state index contributed by atoms with van der Waals surface area (Å²) >= 11 is 4.81. The predicted octanol–water partition coefficient (Wildman–Crippen LogP) is 2.00. The van der Waals surface area contributed by atoms with Gasteiger partial charge in [0.2, 0.25) is 5.91 Å². The zero-order valence-electron chi connectivity index (χ0n) is 10.2. The summed E-state index contributed by atoms with van der Waals surface area (Å²) in [4.78, 5) is 12.0. The molecule has 1 aliphatic rings. The lowest BCUT2D eigenvalue weighted by molar-refractivity contribution is -0.123. The van der Waals surface area contributed by atoms with Crippen molar-refractivity contribution in [2.45, 2.75) is 46.0 Å². The molecule has 0 aromatic carbocycles. The van der Waals surface area contributed by atoms with Gasteiger partial charge in [-0.2, -0.15) is 0 Å². The smallest absolute Gasteiger partial charge is 0.229 e. The third-order valence-corrected chi connectivity index (χ3v) is 3.92. The van der Waals surface area contributed by atoms with E-state index in [1.165, 1.54) is 32.1 Å². The van der Waals surface area contributed by atoms with Crippen LogP contribution in [0.5, 0.6) is 0 Å². The molecule has 0 aromatic rings. The number of carbonyl (C=O) groups excluding carboxylic acids is 1. The second kappa shape index (κ2) is 5.62. The van der Waals surface area contributed by atoms with Crippen LogP contribution < -0.4 is 11.1 Å². The number of nitrogens with two attached hydrogens (primary N) is 1. The van der Waals surface area contributed by atoms with Gasteiger partial charge >= 0.3 is 0 Å². The highest BCUT2D eigenvalue weighted by molar-refractivity contribution is 7.80. The molecule has 0 saturated heterocycles. The highest BCUT2D eigenvalue weighted by Crippen LogP contribution is 2.34. The van der Waals surface area contributed by atoms with E-state index in [0.29, 0.717) is 0 Å². The van der Waals surface area contributed by atoms with Crippen LogP contribution in [0.2, 0.25) is 0 Å². The molecule has 1 amide bonds. The first kappa shape index (κ1) is 13.4. The number of carbonyl (C=O) groups is 1. The van der Waals surface area contributed by atoms with E-state index in [9.17, 15) is 4.79 Å². The normalized spacial score (nSPS) is 21.1. The molecule has 1 aliphatic carbocycles. The molecule has 3 nitrogen and oxygen atoms in total. The Balaban J connectivity index is 2.38. The van der Waals surface area contributed by atoms with Crippen molar-refractivity contribution >= 4 is 23.1 Å². The van der Waals surface area contributed by atoms with E-state index in [4.69, 9.17) is 18.0 Å². The Kier molecular flexibility index (Phi) is 4.71. The van der Waals surface area contributed by atoms with Gasteiger partial charge in [-0.1, -0.05) is 38.4 Å². The van der Waals surface area contributed by atoms with Crippen LogP contribution in [0, 0.1) is 11.3 Å². The first-order valence-corrected chi connectivity index (χ1v) is 6.42. The van der Waals surface area contributed by atoms with Crippen LogP contribution in [0.15, 0.2) is 0 Å². The van der Waals surface area contributed by atoms with Gasteiger partial charge in [0.1, 0.15) is 0 Å². The zero-order valence-corrected chi connectivity index (χ0v) is 11.0. The third-order valence-electron chi connectivity index (χ3n) is 3.57. The van der Waals surface area contributed by atoms with E-state index in [-0.39, 0.29) is 22.2 Å². The van der Waals surface area contributed by atoms with Crippen molar-refractivity contribution in [2.24, 2.45) is 17.1 Å². The molecule has 0 spiro atoms. The van der Waals surface area contributed by atoms with Gasteiger partial charge in [0, 0.05) is 6.54 Å². The molecule has 0 bridgehead atoms. The Morgan fingerprint density at radius 3 is 2.50 bits per heavy atom. The summed E-state index contributed by atoms with van der Waals surface area (Å²) in [6.07, 6.45) is 6.28. The van der Waals surface area contributed by atoms with Crippen molar-refractivity contribution in [1.82, 2.24) is 5.32 Å². The third kappa shape index (κ3) is 3.74. The van der Waals surface area contributed by atoms with Crippen LogP contribution in [0.4, 0.5) is 0 Å². The molecule has 3 N–H and O–H groups in total. The summed E-state index contributed by atoms with van der Waals surface area (Å²) in [6.45, 7) is 4.75. The predicted molar refractivity (Wildman–Crippen MR) is 70.2 cm³/mol. The summed E-state index contributed by atoms with van der Waals surface area (Å²) in [6, 6.07) is 0. The summed E-state index contributed by atoms with van der Waals surface area (Å²) in [5, 5.41) is 2.97. The number of rotatable bonds is 4. The zero-order chi connectivity index (χ0) is 12.2. The second-order valence-corrected chi connectivity index (χ2v) is 5.68. The summed E-state index contributed by atoms with van der Waals surface area (Å²) < 4.78 is 0. The topological polar surface area (TPSA) is 55.1 Å². The maximum Gasteiger partial charge on any atom is 0.229 e. The molecule has 1 rings (SSSR count). The van der Waals surface area contributed by atoms with Gasteiger partial charge in [0.25, 0.3) is 0 Å². The molecule has 0 radical (unpaired) electrons. The molecule has 92 valence electrons. The Hall–Kier alpha value is -0.640. The van der Waals surface area contributed by atoms with Crippen molar-refractivity contribution in [3.63, 3.8) is 0 Å². The Labute approximate surface area is 103 Å². The maximum atomic E-state index is 11.7. The number of nitrogens with one attached hydrogen (secondary N) is 1. The fourth-order valence-corrected chi connectivity index (χ4v) is 2.27. The van der Waals surface area contributed by atoms with Gasteiger partial charge in [0.05, 0.1) is 10.9 Å². The molecule has 0 aliphatic heterocycles. The molecule has 16 heavy (non-hydrogen) atoms. The van der Waals surface area contributed by atoms with Gasteiger partial charge in [-0.05, 0) is 25.2 Å². The van der Waals surface area contributed by atoms with Crippen LogP contribution >= 0.6 is 12.2 Å². The average molecular weight is 242 g/mol. The molecule has 0 heterocycles. The Morgan fingerprint density at radius 1 is 1.44 bits per heavy atom. The van der Waals surface area contributed by atoms with E-state index >= 15 is 0 Å². The Bertz CT molecular complexity index is 272. The van der Waals surface area contributed by atoms with Crippen LogP contribution in [0.25, 0.3) is 0 Å². The summed E-state index contributed by atoms with van der Waals surface area (Å²) in [7, 11) is 0. The monoisotopic (exact) mass is 242 g/mol. The van der Waals surface area contributed by atoms with Crippen molar-refractivity contribution in [3.8, 4) is 0 Å². The number of hydrogen-bond acceptors (Lipinski definition) is 2. The van der Waals surface area contributed by atoms with Crippen molar-refractivity contribution in [1.29, 1.82) is 0 Å². The Morgan fingerprint density at radius 2 is 2.00 bits per heavy atom. The highest BCUT2D eigenvalue weighted by Gasteiger charge is 2.28. The lowest BCUT2D eigenvalue weighted by atomic mass is 9.75. The molecule has 0 aromatic heterocycles. The second-order valence-electron chi connectivity index (χ2n) is 5.21. The van der Waals surface area contributed by atoms with Gasteiger partial charge in [-0.3, -0.25) is 4.79 Å². The minimum Gasteiger partial charge on any atom is -0.393 e. The van der Waals surface area contributed by atoms with E-state index in [2.05, 4.69) is 12.2 Å². The fourth-order valence-electron chi connectivity index (χ4n) is 2.16. The lowest BCUT2D eigenvalue weighted by Gasteiger charge is -2.33. The summed E-state index contributed by atoms with van der Waals surface area (Å²) in [5.74, 6) is -0.401. The van der Waals surface area contributed by atoms with Crippen LogP contribution in [0.3, 0.4) is 0 Å². The van der Waals surface area contributed by atoms with Gasteiger partial charge < -0.3 is 11.1 Å². The van der Waals surface area contributed by atoms with Gasteiger partial charge in [0.15, 0.2) is 0 Å². The number of thiocarbonyl (C=S) groups is 1. The largest absolute Gasteiger partial charge is 0.393 e. The van der Waals surface area contributed by atoms with E-state index in [1.54, 1.807) is 6.92 Å². The number of amides is 1.